The summed E-state index contributed by atoms with van der Waals surface area (Å²) < 4.78 is 0. The van der Waals surface area contributed by atoms with E-state index in [9.17, 15) is 4.79 Å². The Kier molecular flexibility index (Phi) is 3.78. The minimum Gasteiger partial charge on any atom is -0.340 e. The van der Waals surface area contributed by atoms with Crippen LogP contribution in [0.25, 0.3) is 0 Å². The SMILES string of the molecule is O=C1CCCN1C1CCN(Cc2ccncc2)CC1. The number of carbonyl (C=O) groups excluding carboxylic acids is 1. The van der Waals surface area contributed by atoms with Gasteiger partial charge in [-0.15, -0.1) is 0 Å². The summed E-state index contributed by atoms with van der Waals surface area (Å²) in [7, 11) is 0. The van der Waals surface area contributed by atoms with Crippen LogP contribution >= 0.6 is 0 Å². The molecular formula is C15H21N3O. The van der Waals surface area contributed by atoms with Gasteiger partial charge in [-0.3, -0.25) is 14.7 Å². The number of rotatable bonds is 3. The summed E-state index contributed by atoms with van der Waals surface area (Å²) in [5, 5.41) is 0. The third-order valence-corrected chi connectivity index (χ3v) is 4.26. The molecule has 0 aliphatic carbocycles. The Labute approximate surface area is 114 Å². The topological polar surface area (TPSA) is 36.4 Å². The third kappa shape index (κ3) is 2.95. The van der Waals surface area contributed by atoms with Crippen LogP contribution in [0.5, 0.6) is 0 Å². The van der Waals surface area contributed by atoms with E-state index in [-0.39, 0.29) is 0 Å². The van der Waals surface area contributed by atoms with Crippen molar-refractivity contribution < 1.29 is 4.79 Å². The fraction of sp³-hybridized carbons (Fsp3) is 0.600. The van der Waals surface area contributed by atoms with Crippen molar-refractivity contribution in [2.75, 3.05) is 19.6 Å². The molecule has 3 rings (SSSR count). The van der Waals surface area contributed by atoms with E-state index >= 15 is 0 Å². The predicted molar refractivity (Wildman–Crippen MR) is 73.5 cm³/mol. The van der Waals surface area contributed by atoms with Crippen LogP contribution in [0.15, 0.2) is 24.5 Å². The molecule has 4 heteroatoms. The van der Waals surface area contributed by atoms with Crippen molar-refractivity contribution in [1.29, 1.82) is 0 Å². The molecule has 1 amide bonds. The first kappa shape index (κ1) is 12.6. The van der Waals surface area contributed by atoms with Gasteiger partial charge < -0.3 is 4.90 Å². The highest BCUT2D eigenvalue weighted by atomic mass is 16.2. The Morgan fingerprint density at radius 1 is 1.16 bits per heavy atom. The molecule has 0 atom stereocenters. The molecule has 3 heterocycles. The Balaban J connectivity index is 1.51. The molecule has 1 aromatic heterocycles. The molecule has 0 radical (unpaired) electrons. The van der Waals surface area contributed by atoms with Crippen LogP contribution in [0.2, 0.25) is 0 Å². The normalized spacial score (nSPS) is 22.1. The zero-order valence-corrected chi connectivity index (χ0v) is 11.3. The fourth-order valence-electron chi connectivity index (χ4n) is 3.19. The molecule has 2 saturated heterocycles. The highest BCUT2D eigenvalue weighted by Gasteiger charge is 2.30. The summed E-state index contributed by atoms with van der Waals surface area (Å²) in [6, 6.07) is 4.65. The molecule has 2 aliphatic rings. The number of nitrogens with zero attached hydrogens (tertiary/aromatic N) is 3. The molecule has 0 spiro atoms. The number of hydrogen-bond acceptors (Lipinski definition) is 3. The second-order valence-electron chi connectivity index (χ2n) is 5.55. The number of piperidine rings is 1. The minimum atomic E-state index is 0.368. The molecular weight excluding hydrogens is 238 g/mol. The molecule has 0 unspecified atom stereocenters. The van der Waals surface area contributed by atoms with Gasteiger partial charge in [0.1, 0.15) is 0 Å². The van der Waals surface area contributed by atoms with Crippen LogP contribution in [-0.4, -0.2) is 46.4 Å². The van der Waals surface area contributed by atoms with Gasteiger partial charge in [-0.25, -0.2) is 0 Å². The molecule has 0 aromatic carbocycles. The standard InChI is InChI=1S/C15H21N3O/c19-15-2-1-9-18(15)14-5-10-17(11-6-14)12-13-3-7-16-8-4-13/h3-4,7-8,14H,1-2,5-6,9-12H2. The number of likely N-dealkylation sites (tertiary alicyclic amines) is 2. The summed E-state index contributed by atoms with van der Waals surface area (Å²) in [5.41, 5.74) is 1.32. The van der Waals surface area contributed by atoms with Crippen molar-refractivity contribution in [3.63, 3.8) is 0 Å². The van der Waals surface area contributed by atoms with E-state index < -0.39 is 0 Å². The summed E-state index contributed by atoms with van der Waals surface area (Å²) in [6.45, 7) is 4.17. The van der Waals surface area contributed by atoms with Gasteiger partial charge in [0.25, 0.3) is 0 Å². The molecule has 2 fully saturated rings. The van der Waals surface area contributed by atoms with Crippen molar-refractivity contribution in [3.8, 4) is 0 Å². The quantitative estimate of drug-likeness (QED) is 0.828. The average molecular weight is 259 g/mol. The van der Waals surface area contributed by atoms with Crippen molar-refractivity contribution in [3.05, 3.63) is 30.1 Å². The van der Waals surface area contributed by atoms with Crippen LogP contribution in [0.4, 0.5) is 0 Å². The molecule has 0 bridgehead atoms. The first-order valence-corrected chi connectivity index (χ1v) is 7.23. The number of aromatic nitrogens is 1. The first-order chi connectivity index (χ1) is 9.33. The van der Waals surface area contributed by atoms with Gasteiger partial charge >= 0.3 is 0 Å². The second-order valence-corrected chi connectivity index (χ2v) is 5.55. The van der Waals surface area contributed by atoms with Gasteiger partial charge in [-0.05, 0) is 37.0 Å². The molecule has 0 N–H and O–H groups in total. The maximum atomic E-state index is 11.8. The van der Waals surface area contributed by atoms with Crippen molar-refractivity contribution in [2.45, 2.75) is 38.3 Å². The molecule has 19 heavy (non-hydrogen) atoms. The van der Waals surface area contributed by atoms with Crippen molar-refractivity contribution in [1.82, 2.24) is 14.8 Å². The summed E-state index contributed by atoms with van der Waals surface area (Å²) in [4.78, 5) is 20.4. The Morgan fingerprint density at radius 3 is 2.53 bits per heavy atom. The number of amides is 1. The zero-order valence-electron chi connectivity index (χ0n) is 11.3. The van der Waals surface area contributed by atoms with E-state index in [4.69, 9.17) is 0 Å². The largest absolute Gasteiger partial charge is 0.340 e. The lowest BCUT2D eigenvalue weighted by atomic mass is 10.0. The second kappa shape index (κ2) is 5.70. The van der Waals surface area contributed by atoms with Crippen LogP contribution in [-0.2, 0) is 11.3 Å². The lowest BCUT2D eigenvalue weighted by Gasteiger charge is -2.36. The third-order valence-electron chi connectivity index (χ3n) is 4.26. The van der Waals surface area contributed by atoms with Crippen LogP contribution in [0.1, 0.15) is 31.2 Å². The molecule has 2 aliphatic heterocycles. The van der Waals surface area contributed by atoms with Gasteiger partial charge in [0, 0.05) is 51.0 Å². The first-order valence-electron chi connectivity index (χ1n) is 7.23. The smallest absolute Gasteiger partial charge is 0.222 e. The number of pyridine rings is 1. The van der Waals surface area contributed by atoms with E-state index in [0.717, 1.165) is 51.9 Å². The Bertz CT molecular complexity index is 426. The highest BCUT2D eigenvalue weighted by Crippen LogP contribution is 2.22. The van der Waals surface area contributed by atoms with Gasteiger partial charge in [0.2, 0.25) is 5.91 Å². The molecule has 102 valence electrons. The monoisotopic (exact) mass is 259 g/mol. The van der Waals surface area contributed by atoms with Crippen LogP contribution in [0, 0.1) is 0 Å². The summed E-state index contributed by atoms with van der Waals surface area (Å²) in [5.74, 6) is 0.368. The van der Waals surface area contributed by atoms with Gasteiger partial charge in [0.05, 0.1) is 0 Å². The van der Waals surface area contributed by atoms with Crippen LogP contribution in [0.3, 0.4) is 0 Å². The maximum absolute atomic E-state index is 11.8. The summed E-state index contributed by atoms with van der Waals surface area (Å²) in [6.07, 6.45) is 7.76. The molecule has 1 aromatic rings. The number of hydrogen-bond donors (Lipinski definition) is 0. The lowest BCUT2D eigenvalue weighted by molar-refractivity contribution is -0.130. The minimum absolute atomic E-state index is 0.368. The summed E-state index contributed by atoms with van der Waals surface area (Å²) >= 11 is 0. The predicted octanol–water partition coefficient (Wildman–Crippen LogP) is 1.67. The van der Waals surface area contributed by atoms with E-state index in [0.29, 0.717) is 11.9 Å². The van der Waals surface area contributed by atoms with Gasteiger partial charge in [0.15, 0.2) is 0 Å². The Morgan fingerprint density at radius 2 is 1.89 bits per heavy atom. The molecule has 0 saturated carbocycles. The lowest BCUT2D eigenvalue weighted by Crippen LogP contribution is -2.45. The number of carbonyl (C=O) groups is 1. The average Bonchev–Trinajstić information content (AvgIpc) is 2.87. The molecule has 4 nitrogen and oxygen atoms in total. The van der Waals surface area contributed by atoms with Crippen LogP contribution < -0.4 is 0 Å². The van der Waals surface area contributed by atoms with E-state index in [1.807, 2.05) is 12.4 Å². The van der Waals surface area contributed by atoms with Crippen molar-refractivity contribution >= 4 is 5.91 Å². The van der Waals surface area contributed by atoms with Gasteiger partial charge in [-0.1, -0.05) is 0 Å². The highest BCUT2D eigenvalue weighted by molar-refractivity contribution is 5.78. The van der Waals surface area contributed by atoms with E-state index in [1.165, 1.54) is 5.56 Å². The van der Waals surface area contributed by atoms with Crippen molar-refractivity contribution in [2.24, 2.45) is 0 Å². The van der Waals surface area contributed by atoms with E-state index in [2.05, 4.69) is 26.9 Å². The Hall–Kier alpha value is -1.42. The van der Waals surface area contributed by atoms with E-state index in [1.54, 1.807) is 0 Å². The zero-order chi connectivity index (χ0) is 13.1. The fourth-order valence-corrected chi connectivity index (χ4v) is 3.19. The maximum Gasteiger partial charge on any atom is 0.222 e. The van der Waals surface area contributed by atoms with Gasteiger partial charge in [-0.2, -0.15) is 0 Å².